The van der Waals surface area contributed by atoms with Gasteiger partial charge in [0, 0.05) is 11.8 Å². The van der Waals surface area contributed by atoms with Crippen LogP contribution in [0, 0.1) is 5.92 Å². The van der Waals surface area contributed by atoms with Crippen molar-refractivity contribution in [1.82, 2.24) is 9.78 Å². The van der Waals surface area contributed by atoms with Crippen LogP contribution in [0.15, 0.2) is 42.7 Å². The third-order valence-electron chi connectivity index (χ3n) is 2.98. The summed E-state index contributed by atoms with van der Waals surface area (Å²) >= 11 is 6.40. The average Bonchev–Trinajstić information content (AvgIpc) is 2.86. The van der Waals surface area contributed by atoms with E-state index in [4.69, 9.17) is 11.6 Å². The lowest BCUT2D eigenvalue weighted by molar-refractivity contribution is 0.549. The smallest absolute Gasteiger partial charge is 0.0645 e. The van der Waals surface area contributed by atoms with Gasteiger partial charge in [-0.1, -0.05) is 32.0 Å². The van der Waals surface area contributed by atoms with Crippen molar-refractivity contribution in [3.8, 4) is 5.69 Å². The summed E-state index contributed by atoms with van der Waals surface area (Å²) in [5.41, 5.74) is 2.16. The van der Waals surface area contributed by atoms with E-state index in [1.54, 1.807) is 0 Å². The van der Waals surface area contributed by atoms with Crippen LogP contribution in [0.1, 0.15) is 37.6 Å². The number of halogens is 1. The van der Waals surface area contributed by atoms with Crippen LogP contribution in [0.25, 0.3) is 5.69 Å². The second-order valence-corrected chi connectivity index (χ2v) is 5.52. The van der Waals surface area contributed by atoms with Gasteiger partial charge in [-0.05, 0) is 30.9 Å². The second kappa shape index (κ2) is 6.05. The molecule has 2 aromatic rings. The molecule has 1 aromatic heterocycles. The first-order valence-electron chi connectivity index (χ1n) is 6.41. The fraction of sp³-hybridized carbons (Fsp3) is 0.400. The predicted octanol–water partition coefficient (Wildman–Crippen LogP) is 4.59. The Morgan fingerprint density at radius 2 is 1.89 bits per heavy atom. The summed E-state index contributed by atoms with van der Waals surface area (Å²) in [7, 11) is 0. The molecule has 1 aromatic carbocycles. The van der Waals surface area contributed by atoms with Gasteiger partial charge in [-0.3, -0.25) is 0 Å². The van der Waals surface area contributed by atoms with Gasteiger partial charge in [0.05, 0.1) is 17.3 Å². The number of hydrogen-bond donors (Lipinski definition) is 0. The lowest BCUT2D eigenvalue weighted by Crippen LogP contribution is -1.95. The van der Waals surface area contributed by atoms with Crippen molar-refractivity contribution in [2.75, 3.05) is 0 Å². The van der Waals surface area contributed by atoms with Crippen molar-refractivity contribution < 1.29 is 0 Å². The summed E-state index contributed by atoms with van der Waals surface area (Å²) in [6, 6.07) is 10.1. The minimum Gasteiger partial charge on any atom is -0.241 e. The molecule has 0 aliphatic heterocycles. The number of hydrogen-bond acceptors (Lipinski definition) is 1. The van der Waals surface area contributed by atoms with Crippen molar-refractivity contribution in [2.45, 2.75) is 32.1 Å². The van der Waals surface area contributed by atoms with E-state index in [0.717, 1.165) is 24.1 Å². The predicted molar refractivity (Wildman–Crippen MR) is 76.2 cm³/mol. The first-order chi connectivity index (χ1) is 8.66. The Balaban J connectivity index is 2.06. The third kappa shape index (κ3) is 3.36. The molecule has 1 atom stereocenters. The molecule has 0 amide bonds. The summed E-state index contributed by atoms with van der Waals surface area (Å²) in [5, 5.41) is 4.43. The van der Waals surface area contributed by atoms with Crippen LogP contribution in [-0.4, -0.2) is 9.78 Å². The number of alkyl halides is 1. The van der Waals surface area contributed by atoms with Crippen LogP contribution in [0.3, 0.4) is 0 Å². The Labute approximate surface area is 114 Å². The maximum Gasteiger partial charge on any atom is 0.0645 e. The average molecular weight is 263 g/mol. The van der Waals surface area contributed by atoms with Crippen LogP contribution in [-0.2, 0) is 0 Å². The maximum absolute atomic E-state index is 6.40. The zero-order chi connectivity index (χ0) is 13.0. The summed E-state index contributed by atoms with van der Waals surface area (Å²) in [6.07, 6.45) is 6.03. The molecular weight excluding hydrogens is 244 g/mol. The Morgan fingerprint density at radius 1 is 1.17 bits per heavy atom. The summed E-state index contributed by atoms with van der Waals surface area (Å²) in [6.45, 7) is 4.44. The Bertz CT molecular complexity index is 476. The molecular formula is C15H19ClN2. The Hall–Kier alpha value is -1.28. The molecule has 2 nitrogen and oxygen atoms in total. The topological polar surface area (TPSA) is 17.8 Å². The van der Waals surface area contributed by atoms with Gasteiger partial charge in [0.25, 0.3) is 0 Å². The zero-order valence-corrected chi connectivity index (χ0v) is 11.6. The van der Waals surface area contributed by atoms with Gasteiger partial charge in [0.2, 0.25) is 0 Å². The molecule has 0 spiro atoms. The van der Waals surface area contributed by atoms with E-state index in [1.165, 1.54) is 0 Å². The van der Waals surface area contributed by atoms with Gasteiger partial charge >= 0.3 is 0 Å². The van der Waals surface area contributed by atoms with Gasteiger partial charge in [-0.25, -0.2) is 4.68 Å². The molecule has 18 heavy (non-hydrogen) atoms. The van der Waals surface area contributed by atoms with Crippen LogP contribution in [0.5, 0.6) is 0 Å². The van der Waals surface area contributed by atoms with E-state index in [9.17, 15) is 0 Å². The van der Waals surface area contributed by atoms with E-state index in [-0.39, 0.29) is 5.38 Å². The van der Waals surface area contributed by atoms with E-state index in [1.807, 2.05) is 47.4 Å². The molecule has 3 heteroatoms. The number of rotatable bonds is 5. The second-order valence-electron chi connectivity index (χ2n) is 4.99. The standard InChI is InChI=1S/C15H19ClN2/c1-12(2)8-9-15(16)13-10-17-18(11-13)14-6-4-3-5-7-14/h3-7,10-12,15H,8-9H2,1-2H3. The Morgan fingerprint density at radius 3 is 2.56 bits per heavy atom. The maximum atomic E-state index is 6.40. The highest BCUT2D eigenvalue weighted by molar-refractivity contribution is 6.20. The van der Waals surface area contributed by atoms with Gasteiger partial charge in [0.15, 0.2) is 0 Å². The summed E-state index contributed by atoms with van der Waals surface area (Å²) in [4.78, 5) is 0. The van der Waals surface area contributed by atoms with Crippen molar-refractivity contribution in [3.63, 3.8) is 0 Å². The van der Waals surface area contributed by atoms with E-state index >= 15 is 0 Å². The molecule has 0 bridgehead atoms. The minimum absolute atomic E-state index is 0.0601. The van der Waals surface area contributed by atoms with Gasteiger partial charge in [0.1, 0.15) is 0 Å². The lowest BCUT2D eigenvalue weighted by atomic mass is 10.0. The molecule has 0 aliphatic carbocycles. The van der Waals surface area contributed by atoms with Crippen LogP contribution in [0.4, 0.5) is 0 Å². The molecule has 1 heterocycles. The SMILES string of the molecule is CC(C)CCC(Cl)c1cnn(-c2ccccc2)c1. The number of benzene rings is 1. The molecule has 0 radical (unpaired) electrons. The first kappa shape index (κ1) is 13.2. The fourth-order valence-corrected chi connectivity index (χ4v) is 2.11. The highest BCUT2D eigenvalue weighted by Crippen LogP contribution is 2.27. The van der Waals surface area contributed by atoms with Crippen molar-refractivity contribution in [1.29, 1.82) is 0 Å². The Kier molecular flexibility index (Phi) is 4.43. The van der Waals surface area contributed by atoms with Gasteiger partial charge in [-0.2, -0.15) is 5.10 Å². The van der Waals surface area contributed by atoms with E-state index in [0.29, 0.717) is 5.92 Å². The van der Waals surface area contributed by atoms with E-state index < -0.39 is 0 Å². The van der Waals surface area contributed by atoms with Crippen molar-refractivity contribution >= 4 is 11.6 Å². The fourth-order valence-electron chi connectivity index (χ4n) is 1.87. The number of nitrogens with zero attached hydrogens (tertiary/aromatic N) is 2. The van der Waals surface area contributed by atoms with Crippen molar-refractivity contribution in [2.24, 2.45) is 5.92 Å². The largest absolute Gasteiger partial charge is 0.241 e. The molecule has 96 valence electrons. The molecule has 0 fully saturated rings. The monoisotopic (exact) mass is 262 g/mol. The van der Waals surface area contributed by atoms with E-state index in [2.05, 4.69) is 18.9 Å². The molecule has 0 aliphatic rings. The molecule has 1 unspecified atom stereocenters. The molecule has 0 saturated carbocycles. The summed E-state index contributed by atoms with van der Waals surface area (Å²) in [5.74, 6) is 0.690. The number of aromatic nitrogens is 2. The number of para-hydroxylation sites is 1. The lowest BCUT2D eigenvalue weighted by Gasteiger charge is -2.08. The van der Waals surface area contributed by atoms with Gasteiger partial charge in [-0.15, -0.1) is 11.6 Å². The van der Waals surface area contributed by atoms with Crippen LogP contribution >= 0.6 is 11.6 Å². The summed E-state index contributed by atoms with van der Waals surface area (Å²) < 4.78 is 1.88. The van der Waals surface area contributed by atoms with Gasteiger partial charge < -0.3 is 0 Å². The first-order valence-corrected chi connectivity index (χ1v) is 6.84. The highest BCUT2D eigenvalue weighted by atomic mass is 35.5. The highest BCUT2D eigenvalue weighted by Gasteiger charge is 2.11. The molecule has 0 N–H and O–H groups in total. The minimum atomic E-state index is 0.0601. The van der Waals surface area contributed by atoms with Crippen molar-refractivity contribution in [3.05, 3.63) is 48.3 Å². The molecule has 0 saturated heterocycles. The third-order valence-corrected chi connectivity index (χ3v) is 3.45. The normalized spacial score (nSPS) is 12.9. The zero-order valence-electron chi connectivity index (χ0n) is 10.9. The quantitative estimate of drug-likeness (QED) is 0.721. The van der Waals surface area contributed by atoms with Crippen LogP contribution in [0.2, 0.25) is 0 Å². The molecule has 2 rings (SSSR count). The van der Waals surface area contributed by atoms with Crippen LogP contribution < -0.4 is 0 Å².